The Bertz CT molecular complexity index is 678. The van der Waals surface area contributed by atoms with Crippen LogP contribution in [0.5, 0.6) is 5.75 Å². The van der Waals surface area contributed by atoms with Crippen LogP contribution < -0.4 is 4.74 Å². The number of H-pyrrole nitrogens is 1. The van der Waals surface area contributed by atoms with Crippen LogP contribution in [0.1, 0.15) is 18.9 Å². The highest BCUT2D eigenvalue weighted by molar-refractivity contribution is 5.92. The predicted octanol–water partition coefficient (Wildman–Crippen LogP) is 2.04. The zero-order chi connectivity index (χ0) is 16.1. The quantitative estimate of drug-likeness (QED) is 0.465. The lowest BCUT2D eigenvalue weighted by atomic mass is 10.1. The highest BCUT2D eigenvalue weighted by Gasteiger charge is 2.11. The minimum absolute atomic E-state index is 0.345. The van der Waals surface area contributed by atoms with Crippen molar-refractivity contribution in [2.75, 3.05) is 20.1 Å². The molecule has 118 valence electrons. The number of benzene rings is 1. The lowest BCUT2D eigenvalue weighted by molar-refractivity contribution is -0.145. The average Bonchev–Trinajstić information content (AvgIpc) is 2.86. The van der Waals surface area contributed by atoms with Crippen molar-refractivity contribution < 1.29 is 19.4 Å². The first kappa shape index (κ1) is 16.0. The molecular formula is C16H20N2O4. The van der Waals surface area contributed by atoms with E-state index in [2.05, 4.69) is 23.9 Å². The summed E-state index contributed by atoms with van der Waals surface area (Å²) in [7, 11) is 2.08. The Morgan fingerprint density at radius 1 is 1.36 bits per heavy atom. The van der Waals surface area contributed by atoms with E-state index in [-0.39, 0.29) is 0 Å². The number of carboxylic acid groups (broad SMARTS) is 1. The first-order valence-corrected chi connectivity index (χ1v) is 7.20. The number of aromatic amines is 1. The molecule has 2 rings (SSSR count). The summed E-state index contributed by atoms with van der Waals surface area (Å²) in [6.07, 6.45) is 2.25. The van der Waals surface area contributed by atoms with Crippen molar-refractivity contribution in [2.45, 2.75) is 19.8 Å². The fourth-order valence-electron chi connectivity index (χ4n) is 2.20. The van der Waals surface area contributed by atoms with Crippen molar-refractivity contribution in [1.82, 2.24) is 9.88 Å². The fourth-order valence-corrected chi connectivity index (χ4v) is 2.20. The molecule has 0 amide bonds. The van der Waals surface area contributed by atoms with E-state index < -0.39 is 18.4 Å². The van der Waals surface area contributed by atoms with Gasteiger partial charge in [0.05, 0.1) is 0 Å². The molecule has 6 nitrogen and oxygen atoms in total. The van der Waals surface area contributed by atoms with Gasteiger partial charge in [0, 0.05) is 29.7 Å². The van der Waals surface area contributed by atoms with Gasteiger partial charge >= 0.3 is 11.9 Å². The zero-order valence-corrected chi connectivity index (χ0v) is 12.8. The number of ether oxygens (including phenoxy) is 1. The van der Waals surface area contributed by atoms with Gasteiger partial charge in [-0.3, -0.25) is 9.59 Å². The summed E-state index contributed by atoms with van der Waals surface area (Å²) < 4.78 is 5.01. The van der Waals surface area contributed by atoms with Crippen molar-refractivity contribution in [3.63, 3.8) is 0 Å². The second-order valence-electron chi connectivity index (χ2n) is 5.21. The van der Waals surface area contributed by atoms with E-state index in [9.17, 15) is 9.59 Å². The molecule has 1 aromatic heterocycles. The Balaban J connectivity index is 2.09. The number of carbonyl (C=O) groups is 2. The molecule has 2 aromatic rings. The van der Waals surface area contributed by atoms with E-state index in [1.54, 1.807) is 12.1 Å². The summed E-state index contributed by atoms with van der Waals surface area (Å²) in [4.78, 5) is 27.2. The van der Waals surface area contributed by atoms with E-state index in [1.165, 1.54) is 5.56 Å². The molecule has 0 aliphatic heterocycles. The van der Waals surface area contributed by atoms with Crippen LogP contribution in [-0.2, 0) is 16.0 Å². The maximum Gasteiger partial charge on any atom is 0.322 e. The van der Waals surface area contributed by atoms with Crippen LogP contribution in [0.15, 0.2) is 24.4 Å². The van der Waals surface area contributed by atoms with E-state index in [1.807, 2.05) is 12.3 Å². The van der Waals surface area contributed by atoms with Crippen LogP contribution >= 0.6 is 0 Å². The molecule has 0 unspecified atom stereocenters. The molecule has 0 atom stereocenters. The van der Waals surface area contributed by atoms with E-state index >= 15 is 0 Å². The summed E-state index contributed by atoms with van der Waals surface area (Å²) in [6, 6.07) is 5.28. The number of rotatable bonds is 7. The molecule has 6 heteroatoms. The molecule has 0 fully saturated rings. The van der Waals surface area contributed by atoms with Gasteiger partial charge in [-0.15, -0.1) is 0 Å². The van der Waals surface area contributed by atoms with Crippen LogP contribution in [0.3, 0.4) is 0 Å². The molecule has 22 heavy (non-hydrogen) atoms. The smallest absolute Gasteiger partial charge is 0.322 e. The highest BCUT2D eigenvalue weighted by atomic mass is 16.5. The molecular weight excluding hydrogens is 284 g/mol. The van der Waals surface area contributed by atoms with Crippen LogP contribution in [0.4, 0.5) is 0 Å². The van der Waals surface area contributed by atoms with Crippen molar-refractivity contribution in [2.24, 2.45) is 0 Å². The number of hydrogen-bond acceptors (Lipinski definition) is 4. The third-order valence-electron chi connectivity index (χ3n) is 3.57. The molecule has 0 spiro atoms. The number of nitrogens with one attached hydrogen (secondary N) is 1. The number of likely N-dealkylation sites (N-methyl/N-ethyl adjacent to an activating group) is 1. The summed E-state index contributed by atoms with van der Waals surface area (Å²) in [5, 5.41) is 9.64. The van der Waals surface area contributed by atoms with Gasteiger partial charge in [-0.05, 0) is 37.7 Å². The Morgan fingerprint density at radius 2 is 2.14 bits per heavy atom. The molecule has 0 radical (unpaired) electrons. The largest absolute Gasteiger partial charge is 0.481 e. The number of aliphatic carboxylic acids is 1. The first-order chi connectivity index (χ1) is 10.5. The Labute approximate surface area is 128 Å². The van der Waals surface area contributed by atoms with Gasteiger partial charge in [-0.25, -0.2) is 0 Å². The van der Waals surface area contributed by atoms with Crippen LogP contribution in [-0.4, -0.2) is 47.1 Å². The molecule has 1 aromatic carbocycles. The maximum absolute atomic E-state index is 11.4. The molecule has 1 heterocycles. The normalized spacial score (nSPS) is 11.0. The van der Waals surface area contributed by atoms with Gasteiger partial charge in [-0.2, -0.15) is 0 Å². The van der Waals surface area contributed by atoms with Crippen molar-refractivity contribution >= 4 is 22.8 Å². The van der Waals surface area contributed by atoms with Gasteiger partial charge in [0.15, 0.2) is 0 Å². The second-order valence-corrected chi connectivity index (χ2v) is 5.21. The summed E-state index contributed by atoms with van der Waals surface area (Å²) in [5.74, 6) is -1.63. The zero-order valence-electron chi connectivity index (χ0n) is 12.8. The minimum Gasteiger partial charge on any atom is -0.481 e. The second kappa shape index (κ2) is 7.09. The van der Waals surface area contributed by atoms with Gasteiger partial charge in [0.1, 0.15) is 12.2 Å². The standard InChI is InChI=1S/C16H20N2O4/c1-3-18(2)7-6-11-10-17-14-8-12(4-5-13(11)14)22-16(21)9-15(19)20/h4-5,8,10,17H,3,6-7,9H2,1-2H3,(H,19,20). The monoisotopic (exact) mass is 304 g/mol. The predicted molar refractivity (Wildman–Crippen MR) is 83.1 cm³/mol. The van der Waals surface area contributed by atoms with Crippen LogP contribution in [0.25, 0.3) is 10.9 Å². The van der Waals surface area contributed by atoms with Crippen molar-refractivity contribution in [1.29, 1.82) is 0 Å². The Kier molecular flexibility index (Phi) is 5.16. The number of hydrogen-bond donors (Lipinski definition) is 2. The Morgan fingerprint density at radius 3 is 2.82 bits per heavy atom. The number of carbonyl (C=O) groups excluding carboxylic acids is 1. The Hall–Kier alpha value is -2.34. The number of aromatic nitrogens is 1. The third kappa shape index (κ3) is 4.08. The number of carboxylic acids is 1. The average molecular weight is 304 g/mol. The summed E-state index contributed by atoms with van der Waals surface area (Å²) in [5.41, 5.74) is 2.08. The van der Waals surface area contributed by atoms with Crippen molar-refractivity contribution in [3.8, 4) is 5.75 Å². The van der Waals surface area contributed by atoms with Gasteiger partial charge in [0.2, 0.25) is 0 Å². The molecule has 0 aliphatic rings. The number of fused-ring (bicyclic) bond motifs is 1. The summed E-state index contributed by atoms with van der Waals surface area (Å²) >= 11 is 0. The fraction of sp³-hybridized carbons (Fsp3) is 0.375. The van der Waals surface area contributed by atoms with Gasteiger partial charge in [0.25, 0.3) is 0 Å². The lowest BCUT2D eigenvalue weighted by Crippen LogP contribution is -2.20. The van der Waals surface area contributed by atoms with Crippen LogP contribution in [0.2, 0.25) is 0 Å². The maximum atomic E-state index is 11.4. The van der Waals surface area contributed by atoms with Crippen LogP contribution in [0, 0.1) is 0 Å². The third-order valence-corrected chi connectivity index (χ3v) is 3.57. The number of nitrogens with zero attached hydrogens (tertiary/aromatic N) is 1. The van der Waals surface area contributed by atoms with E-state index in [4.69, 9.17) is 9.84 Å². The molecule has 2 N–H and O–H groups in total. The van der Waals surface area contributed by atoms with Gasteiger partial charge < -0.3 is 19.7 Å². The first-order valence-electron chi connectivity index (χ1n) is 7.20. The minimum atomic E-state index is -1.20. The molecule has 0 aliphatic carbocycles. The van der Waals surface area contributed by atoms with E-state index in [0.717, 1.165) is 30.4 Å². The molecule has 0 bridgehead atoms. The highest BCUT2D eigenvalue weighted by Crippen LogP contribution is 2.24. The molecule has 0 saturated carbocycles. The van der Waals surface area contributed by atoms with Crippen molar-refractivity contribution in [3.05, 3.63) is 30.0 Å². The van der Waals surface area contributed by atoms with Gasteiger partial charge in [-0.1, -0.05) is 6.92 Å². The summed E-state index contributed by atoms with van der Waals surface area (Å²) in [6.45, 7) is 4.10. The molecule has 0 saturated heterocycles. The topological polar surface area (TPSA) is 82.6 Å². The lowest BCUT2D eigenvalue weighted by Gasteiger charge is -2.12. The number of esters is 1. The van der Waals surface area contributed by atoms with E-state index in [0.29, 0.717) is 5.75 Å². The SMILES string of the molecule is CCN(C)CCc1c[nH]c2cc(OC(=O)CC(=O)O)ccc12.